The van der Waals surface area contributed by atoms with Gasteiger partial charge in [-0.05, 0) is 62.0 Å². The molecule has 5 rings (SSSR count). The molecule has 0 aromatic heterocycles. The van der Waals surface area contributed by atoms with Crippen LogP contribution in [0.25, 0.3) is 0 Å². The van der Waals surface area contributed by atoms with Gasteiger partial charge in [0.25, 0.3) is 5.91 Å². The van der Waals surface area contributed by atoms with Crippen LogP contribution in [0, 0.1) is 17.8 Å². The van der Waals surface area contributed by atoms with E-state index >= 15 is 0 Å². The molecule has 3 saturated heterocycles. The molecule has 3 fully saturated rings. The van der Waals surface area contributed by atoms with Crippen molar-refractivity contribution in [1.82, 2.24) is 20.0 Å². The van der Waals surface area contributed by atoms with Crippen LogP contribution in [0.2, 0.25) is 0 Å². The van der Waals surface area contributed by atoms with E-state index in [1.165, 1.54) is 25.9 Å². The highest BCUT2D eigenvalue weighted by Gasteiger charge is 2.39. The van der Waals surface area contributed by atoms with Crippen LogP contribution in [0.3, 0.4) is 0 Å². The van der Waals surface area contributed by atoms with Crippen molar-refractivity contribution in [3.63, 3.8) is 0 Å². The number of amides is 3. The number of hydrogen-bond acceptors (Lipinski definition) is 5. The normalized spacial score (nSPS) is 24.8. The number of carbonyl (C=O) groups excluding carboxylic acids is 3. The van der Waals surface area contributed by atoms with Crippen LogP contribution in [0.5, 0.6) is 0 Å². The minimum absolute atomic E-state index is 0.144. The number of carbonyl (C=O) groups is 3. The van der Waals surface area contributed by atoms with Gasteiger partial charge in [-0.1, -0.05) is 18.8 Å². The van der Waals surface area contributed by atoms with Gasteiger partial charge in [0, 0.05) is 56.2 Å². The lowest BCUT2D eigenvalue weighted by Gasteiger charge is -2.47. The highest BCUT2D eigenvalue weighted by Crippen LogP contribution is 2.28. The van der Waals surface area contributed by atoms with Crippen LogP contribution in [0.15, 0.2) is 18.2 Å². The van der Waals surface area contributed by atoms with E-state index in [-0.39, 0.29) is 24.1 Å². The van der Waals surface area contributed by atoms with Crippen LogP contribution in [-0.4, -0.2) is 77.2 Å². The van der Waals surface area contributed by atoms with Gasteiger partial charge in [0.15, 0.2) is 0 Å². The third kappa shape index (κ3) is 4.68. The Bertz CT molecular complexity index is 1010. The summed E-state index contributed by atoms with van der Waals surface area (Å²) >= 11 is 0. The Kier molecular flexibility index (Phi) is 6.22. The van der Waals surface area contributed by atoms with E-state index in [4.69, 9.17) is 0 Å². The lowest BCUT2D eigenvalue weighted by Crippen LogP contribution is -2.60. The second-order valence-electron chi connectivity index (χ2n) is 9.96. The molecule has 33 heavy (non-hydrogen) atoms. The summed E-state index contributed by atoms with van der Waals surface area (Å²) in [6.07, 6.45) is 4.15. The van der Waals surface area contributed by atoms with Crippen molar-refractivity contribution in [3.05, 3.63) is 34.9 Å². The third-order valence-corrected chi connectivity index (χ3v) is 7.58. The number of nitrogens with one attached hydrogen (secondary N) is 1. The zero-order valence-electron chi connectivity index (χ0n) is 19.3. The highest BCUT2D eigenvalue weighted by atomic mass is 16.2. The molecule has 1 atom stereocenters. The minimum Gasteiger partial charge on any atom is -0.322 e. The molecule has 7 heteroatoms. The molecule has 1 aromatic rings. The molecule has 7 nitrogen and oxygen atoms in total. The molecule has 3 amide bonds. The van der Waals surface area contributed by atoms with Crippen molar-refractivity contribution in [2.45, 2.75) is 57.7 Å². The molecule has 1 N–H and O–H groups in total. The molecular weight excluding hydrogens is 416 g/mol. The largest absolute Gasteiger partial charge is 0.322 e. The Balaban J connectivity index is 1.11. The number of likely N-dealkylation sites (tertiary alicyclic amines) is 2. The van der Waals surface area contributed by atoms with Gasteiger partial charge in [-0.2, -0.15) is 0 Å². The molecule has 0 spiro atoms. The summed E-state index contributed by atoms with van der Waals surface area (Å²) in [5.41, 5.74) is 2.43. The maximum atomic E-state index is 12.8. The van der Waals surface area contributed by atoms with Gasteiger partial charge in [-0.15, -0.1) is 0 Å². The zero-order valence-corrected chi connectivity index (χ0v) is 19.3. The monoisotopic (exact) mass is 448 g/mol. The topological polar surface area (TPSA) is 73.0 Å². The van der Waals surface area contributed by atoms with Crippen molar-refractivity contribution < 1.29 is 14.4 Å². The molecule has 4 aliphatic heterocycles. The minimum atomic E-state index is -0.578. The van der Waals surface area contributed by atoms with Gasteiger partial charge in [0.05, 0.1) is 0 Å². The van der Waals surface area contributed by atoms with Gasteiger partial charge in [0.2, 0.25) is 11.8 Å². The first kappa shape index (κ1) is 22.1. The molecule has 1 unspecified atom stereocenters. The number of rotatable bonds is 4. The number of hydrogen-bond donors (Lipinski definition) is 1. The predicted molar refractivity (Wildman–Crippen MR) is 124 cm³/mol. The summed E-state index contributed by atoms with van der Waals surface area (Å²) in [5, 5.41) is 2.34. The lowest BCUT2D eigenvalue weighted by molar-refractivity contribution is -0.136. The summed E-state index contributed by atoms with van der Waals surface area (Å²) in [5.74, 6) is 6.61. The van der Waals surface area contributed by atoms with Crippen LogP contribution < -0.4 is 5.32 Å². The fraction of sp³-hybridized carbons (Fsp3) is 0.577. The Morgan fingerprint density at radius 2 is 1.88 bits per heavy atom. The summed E-state index contributed by atoms with van der Waals surface area (Å²) in [6, 6.07) is 5.81. The van der Waals surface area contributed by atoms with Crippen LogP contribution >= 0.6 is 0 Å². The smallest absolute Gasteiger partial charge is 0.255 e. The summed E-state index contributed by atoms with van der Waals surface area (Å²) in [7, 11) is 0. The zero-order chi connectivity index (χ0) is 22.9. The maximum absolute atomic E-state index is 12.8. The summed E-state index contributed by atoms with van der Waals surface area (Å²) < 4.78 is 0. The van der Waals surface area contributed by atoms with E-state index < -0.39 is 6.04 Å². The average Bonchev–Trinajstić information content (AvgIpc) is 3.09. The molecule has 1 aromatic carbocycles. The van der Waals surface area contributed by atoms with E-state index in [9.17, 15) is 14.4 Å². The lowest BCUT2D eigenvalue weighted by atomic mass is 9.96. The van der Waals surface area contributed by atoms with Crippen LogP contribution in [0.4, 0.5) is 0 Å². The van der Waals surface area contributed by atoms with Crippen LogP contribution in [0.1, 0.15) is 60.5 Å². The number of imide groups is 1. The second kappa shape index (κ2) is 9.28. The van der Waals surface area contributed by atoms with E-state index in [0.29, 0.717) is 18.5 Å². The molecular formula is C26H32N4O3. The Morgan fingerprint density at radius 1 is 1.09 bits per heavy atom. The number of nitrogens with zero attached hydrogens (tertiary/aromatic N) is 3. The van der Waals surface area contributed by atoms with Gasteiger partial charge in [-0.3, -0.25) is 29.5 Å². The number of fused-ring (bicyclic) bond motifs is 1. The van der Waals surface area contributed by atoms with E-state index in [0.717, 1.165) is 49.1 Å². The Hall–Kier alpha value is -2.69. The molecule has 4 aliphatic rings. The number of piperidine rings is 2. The molecule has 0 aliphatic carbocycles. The fourth-order valence-corrected chi connectivity index (χ4v) is 5.38. The quantitative estimate of drug-likeness (QED) is 0.560. The van der Waals surface area contributed by atoms with E-state index in [1.807, 2.05) is 18.2 Å². The Morgan fingerprint density at radius 3 is 2.64 bits per heavy atom. The van der Waals surface area contributed by atoms with Gasteiger partial charge in [-0.25, -0.2) is 0 Å². The van der Waals surface area contributed by atoms with Gasteiger partial charge >= 0.3 is 0 Å². The second-order valence-corrected chi connectivity index (χ2v) is 9.96. The Labute approximate surface area is 195 Å². The standard InChI is InChI=1S/C26H32N4O3/c1-18-9-12-29(13-10-18)21-16-28(17-21)11-3-2-4-19-5-6-22-20(14-19)15-30(26(22)33)23-7-8-24(31)27-25(23)32/h5-6,14,18,21,23H,3,7-13,15-17H2,1H3,(H,27,31,32). The van der Waals surface area contributed by atoms with E-state index in [2.05, 4.69) is 33.9 Å². The average molecular weight is 449 g/mol. The van der Waals surface area contributed by atoms with Crippen LogP contribution in [-0.2, 0) is 16.1 Å². The van der Waals surface area contributed by atoms with Crippen molar-refractivity contribution in [2.24, 2.45) is 5.92 Å². The van der Waals surface area contributed by atoms with E-state index in [1.54, 1.807) is 4.90 Å². The van der Waals surface area contributed by atoms with Gasteiger partial charge in [0.1, 0.15) is 6.04 Å². The fourth-order valence-electron chi connectivity index (χ4n) is 5.38. The predicted octanol–water partition coefficient (Wildman–Crippen LogP) is 1.61. The summed E-state index contributed by atoms with van der Waals surface area (Å²) in [6.45, 7) is 8.57. The van der Waals surface area contributed by atoms with Gasteiger partial charge < -0.3 is 4.90 Å². The van der Waals surface area contributed by atoms with Crippen molar-refractivity contribution in [2.75, 3.05) is 32.7 Å². The highest BCUT2D eigenvalue weighted by molar-refractivity contribution is 6.05. The number of benzene rings is 1. The first-order chi connectivity index (χ1) is 16.0. The summed E-state index contributed by atoms with van der Waals surface area (Å²) in [4.78, 5) is 43.1. The molecule has 4 heterocycles. The molecule has 174 valence electrons. The maximum Gasteiger partial charge on any atom is 0.255 e. The van der Waals surface area contributed by atoms with Crippen molar-refractivity contribution in [3.8, 4) is 11.8 Å². The SMILES string of the molecule is CC1CCN(C2CN(CCC#Cc3ccc4c(c3)CN(C3CCC(=O)NC3=O)C4=O)C2)CC1. The molecule has 0 saturated carbocycles. The van der Waals surface area contributed by atoms with Crippen molar-refractivity contribution >= 4 is 17.7 Å². The first-order valence-electron chi connectivity index (χ1n) is 12.2. The molecule has 0 radical (unpaired) electrons. The van der Waals surface area contributed by atoms with Crippen molar-refractivity contribution in [1.29, 1.82) is 0 Å². The third-order valence-electron chi connectivity index (χ3n) is 7.58. The first-order valence-corrected chi connectivity index (χ1v) is 12.2. The molecule has 0 bridgehead atoms.